The SMILES string of the molecule is CCNc1ccc(CN(C)Cc2ccc(Cl)cc2)cn1. The first-order chi connectivity index (χ1) is 9.67. The summed E-state index contributed by atoms with van der Waals surface area (Å²) in [5, 5.41) is 3.97. The molecule has 1 aromatic carbocycles. The molecule has 0 bridgehead atoms. The molecule has 0 aliphatic carbocycles. The van der Waals surface area contributed by atoms with E-state index in [1.165, 1.54) is 11.1 Å². The van der Waals surface area contributed by atoms with Gasteiger partial charge in [0.05, 0.1) is 0 Å². The lowest BCUT2D eigenvalue weighted by Crippen LogP contribution is -2.17. The Morgan fingerprint density at radius 2 is 1.70 bits per heavy atom. The van der Waals surface area contributed by atoms with Gasteiger partial charge in [0.25, 0.3) is 0 Å². The Morgan fingerprint density at radius 3 is 2.30 bits per heavy atom. The molecular formula is C16H20ClN3. The minimum atomic E-state index is 0.777. The zero-order valence-corrected chi connectivity index (χ0v) is 12.7. The first-order valence-corrected chi connectivity index (χ1v) is 7.17. The van der Waals surface area contributed by atoms with Crippen LogP contribution < -0.4 is 5.32 Å². The number of hydrogen-bond acceptors (Lipinski definition) is 3. The monoisotopic (exact) mass is 289 g/mol. The average molecular weight is 290 g/mol. The van der Waals surface area contributed by atoms with E-state index in [-0.39, 0.29) is 0 Å². The molecule has 0 amide bonds. The molecule has 1 N–H and O–H groups in total. The van der Waals surface area contributed by atoms with Crippen molar-refractivity contribution in [3.63, 3.8) is 0 Å². The lowest BCUT2D eigenvalue weighted by molar-refractivity contribution is 0.319. The summed E-state index contributed by atoms with van der Waals surface area (Å²) in [6.45, 7) is 4.73. The summed E-state index contributed by atoms with van der Waals surface area (Å²) >= 11 is 5.89. The maximum Gasteiger partial charge on any atom is 0.125 e. The Hall–Kier alpha value is -1.58. The Morgan fingerprint density at radius 1 is 1.05 bits per heavy atom. The van der Waals surface area contributed by atoms with Crippen LogP contribution in [0, 0.1) is 0 Å². The normalized spacial score (nSPS) is 10.8. The van der Waals surface area contributed by atoms with E-state index in [4.69, 9.17) is 11.6 Å². The first-order valence-electron chi connectivity index (χ1n) is 6.79. The number of hydrogen-bond donors (Lipinski definition) is 1. The van der Waals surface area contributed by atoms with Crippen LogP contribution >= 0.6 is 11.6 Å². The molecule has 106 valence electrons. The standard InChI is InChI=1S/C16H20ClN3/c1-3-18-16-9-6-14(10-19-16)12-20(2)11-13-4-7-15(17)8-5-13/h4-10H,3,11-12H2,1-2H3,(H,18,19). The van der Waals surface area contributed by atoms with Crippen LogP contribution in [0.4, 0.5) is 5.82 Å². The number of halogens is 1. The van der Waals surface area contributed by atoms with Crippen LogP contribution in [0.2, 0.25) is 5.02 Å². The van der Waals surface area contributed by atoms with Crippen molar-refractivity contribution in [2.45, 2.75) is 20.0 Å². The quantitative estimate of drug-likeness (QED) is 0.877. The third-order valence-corrected chi connectivity index (χ3v) is 3.25. The number of rotatable bonds is 6. The molecule has 1 aromatic heterocycles. The van der Waals surface area contributed by atoms with Gasteiger partial charge in [-0.15, -0.1) is 0 Å². The van der Waals surface area contributed by atoms with E-state index < -0.39 is 0 Å². The van der Waals surface area contributed by atoms with Gasteiger partial charge in [-0.3, -0.25) is 4.90 Å². The van der Waals surface area contributed by atoms with E-state index in [0.29, 0.717) is 0 Å². The van der Waals surface area contributed by atoms with Gasteiger partial charge in [0.2, 0.25) is 0 Å². The highest BCUT2D eigenvalue weighted by Gasteiger charge is 2.03. The maximum atomic E-state index is 5.89. The van der Waals surface area contributed by atoms with E-state index in [0.717, 1.165) is 30.5 Å². The highest BCUT2D eigenvalue weighted by molar-refractivity contribution is 6.30. The largest absolute Gasteiger partial charge is 0.370 e. The molecule has 0 radical (unpaired) electrons. The fourth-order valence-electron chi connectivity index (χ4n) is 2.07. The van der Waals surface area contributed by atoms with Crippen molar-refractivity contribution in [2.75, 3.05) is 18.9 Å². The van der Waals surface area contributed by atoms with Crippen LogP contribution in [-0.4, -0.2) is 23.5 Å². The second-order valence-electron chi connectivity index (χ2n) is 4.88. The van der Waals surface area contributed by atoms with Crippen LogP contribution in [0.1, 0.15) is 18.1 Å². The number of benzene rings is 1. The second kappa shape index (κ2) is 7.27. The lowest BCUT2D eigenvalue weighted by atomic mass is 10.2. The highest BCUT2D eigenvalue weighted by atomic mass is 35.5. The molecule has 0 spiro atoms. The molecule has 0 saturated carbocycles. The number of aromatic nitrogens is 1. The molecule has 0 unspecified atom stereocenters. The molecule has 1 heterocycles. The van der Waals surface area contributed by atoms with Crippen LogP contribution in [0.5, 0.6) is 0 Å². The van der Waals surface area contributed by atoms with E-state index in [1.54, 1.807) is 0 Å². The topological polar surface area (TPSA) is 28.2 Å². The summed E-state index contributed by atoms with van der Waals surface area (Å²) in [4.78, 5) is 6.64. The summed E-state index contributed by atoms with van der Waals surface area (Å²) in [7, 11) is 2.10. The van der Waals surface area contributed by atoms with Crippen LogP contribution in [-0.2, 0) is 13.1 Å². The smallest absolute Gasteiger partial charge is 0.125 e. The molecule has 20 heavy (non-hydrogen) atoms. The summed E-state index contributed by atoms with van der Waals surface area (Å²) in [6.07, 6.45) is 1.93. The third kappa shape index (κ3) is 4.51. The van der Waals surface area contributed by atoms with Gasteiger partial charge in [-0.1, -0.05) is 29.8 Å². The lowest BCUT2D eigenvalue weighted by Gasteiger charge is -2.17. The van der Waals surface area contributed by atoms with Crippen molar-refractivity contribution in [3.8, 4) is 0 Å². The average Bonchev–Trinajstić information content (AvgIpc) is 2.44. The predicted octanol–water partition coefficient (Wildman–Crippen LogP) is 3.80. The van der Waals surface area contributed by atoms with Crippen LogP contribution in [0.15, 0.2) is 42.6 Å². The van der Waals surface area contributed by atoms with Gasteiger partial charge in [-0.25, -0.2) is 4.98 Å². The van der Waals surface area contributed by atoms with Crippen LogP contribution in [0.3, 0.4) is 0 Å². The molecule has 0 aliphatic heterocycles. The van der Waals surface area contributed by atoms with E-state index in [9.17, 15) is 0 Å². The molecule has 0 saturated heterocycles. The van der Waals surface area contributed by atoms with E-state index in [1.807, 2.05) is 24.4 Å². The minimum Gasteiger partial charge on any atom is -0.370 e. The van der Waals surface area contributed by atoms with Crippen molar-refractivity contribution >= 4 is 17.4 Å². The molecular weight excluding hydrogens is 270 g/mol. The number of anilines is 1. The Balaban J connectivity index is 1.90. The van der Waals surface area contributed by atoms with Gasteiger partial charge < -0.3 is 5.32 Å². The molecule has 0 atom stereocenters. The van der Waals surface area contributed by atoms with Gasteiger partial charge in [-0.05, 0) is 43.3 Å². The van der Waals surface area contributed by atoms with Crippen molar-refractivity contribution in [2.24, 2.45) is 0 Å². The summed E-state index contributed by atoms with van der Waals surface area (Å²) in [5.41, 5.74) is 2.47. The summed E-state index contributed by atoms with van der Waals surface area (Å²) in [5.74, 6) is 0.927. The van der Waals surface area contributed by atoms with Crippen molar-refractivity contribution < 1.29 is 0 Å². The first kappa shape index (κ1) is 14.8. The molecule has 2 aromatic rings. The second-order valence-corrected chi connectivity index (χ2v) is 5.32. The minimum absolute atomic E-state index is 0.777. The molecule has 0 aliphatic rings. The fourth-order valence-corrected chi connectivity index (χ4v) is 2.20. The third-order valence-electron chi connectivity index (χ3n) is 3.00. The van der Waals surface area contributed by atoms with Gasteiger partial charge in [0.15, 0.2) is 0 Å². The van der Waals surface area contributed by atoms with Crippen molar-refractivity contribution in [1.82, 2.24) is 9.88 Å². The number of pyridine rings is 1. The summed E-state index contributed by atoms with van der Waals surface area (Å²) in [6, 6.07) is 12.1. The molecule has 2 rings (SSSR count). The fraction of sp³-hybridized carbons (Fsp3) is 0.312. The molecule has 4 heteroatoms. The van der Waals surface area contributed by atoms with Gasteiger partial charge in [0, 0.05) is 30.9 Å². The van der Waals surface area contributed by atoms with Crippen molar-refractivity contribution in [3.05, 3.63) is 58.7 Å². The van der Waals surface area contributed by atoms with Crippen LogP contribution in [0.25, 0.3) is 0 Å². The van der Waals surface area contributed by atoms with Gasteiger partial charge in [0.1, 0.15) is 5.82 Å². The molecule has 3 nitrogen and oxygen atoms in total. The van der Waals surface area contributed by atoms with Gasteiger partial charge in [-0.2, -0.15) is 0 Å². The predicted molar refractivity (Wildman–Crippen MR) is 85.0 cm³/mol. The Bertz CT molecular complexity index is 522. The van der Waals surface area contributed by atoms with E-state index in [2.05, 4.69) is 47.4 Å². The zero-order chi connectivity index (χ0) is 14.4. The Labute approximate surface area is 125 Å². The molecule has 0 fully saturated rings. The zero-order valence-electron chi connectivity index (χ0n) is 11.9. The van der Waals surface area contributed by atoms with E-state index >= 15 is 0 Å². The number of nitrogens with one attached hydrogen (secondary N) is 1. The maximum absolute atomic E-state index is 5.89. The van der Waals surface area contributed by atoms with Crippen molar-refractivity contribution in [1.29, 1.82) is 0 Å². The van der Waals surface area contributed by atoms with Gasteiger partial charge >= 0.3 is 0 Å². The Kier molecular flexibility index (Phi) is 5.39. The summed E-state index contributed by atoms with van der Waals surface area (Å²) < 4.78 is 0. The number of nitrogens with zero attached hydrogens (tertiary/aromatic N) is 2. The highest BCUT2D eigenvalue weighted by Crippen LogP contribution is 2.13.